The van der Waals surface area contributed by atoms with Crippen LogP contribution in [0.4, 0.5) is 0 Å². The molecule has 2 aliphatic heterocycles. The zero-order valence-corrected chi connectivity index (χ0v) is 20.2. The Morgan fingerprint density at radius 1 is 0.788 bits per heavy atom. The molecule has 6 nitrogen and oxygen atoms in total. The van der Waals surface area contributed by atoms with E-state index >= 15 is 0 Å². The molecule has 0 atom stereocenters. The highest BCUT2D eigenvalue weighted by Gasteiger charge is 2.25. The van der Waals surface area contributed by atoms with E-state index in [0.29, 0.717) is 25.2 Å². The lowest BCUT2D eigenvalue weighted by Gasteiger charge is -2.26. The molecule has 0 aliphatic carbocycles. The summed E-state index contributed by atoms with van der Waals surface area (Å²) in [5.41, 5.74) is 2.69. The predicted molar refractivity (Wildman–Crippen MR) is 130 cm³/mol. The van der Waals surface area contributed by atoms with Gasteiger partial charge in [-0.2, -0.15) is 4.31 Å². The fourth-order valence-electron chi connectivity index (χ4n) is 4.65. The van der Waals surface area contributed by atoms with Crippen molar-refractivity contribution in [3.8, 4) is 0 Å². The number of piperidine rings is 1. The lowest BCUT2D eigenvalue weighted by atomic mass is 10.1. The highest BCUT2D eigenvalue weighted by molar-refractivity contribution is 7.89. The number of hydrogen-bond donors (Lipinski definition) is 1. The van der Waals surface area contributed by atoms with Crippen molar-refractivity contribution in [3.05, 3.63) is 65.2 Å². The normalized spacial score (nSPS) is 18.5. The third-order valence-corrected chi connectivity index (χ3v) is 8.52. The van der Waals surface area contributed by atoms with E-state index in [1.54, 1.807) is 22.5 Å². The molecule has 2 aromatic carbocycles. The first-order valence-corrected chi connectivity index (χ1v) is 13.6. The Bertz CT molecular complexity index is 1020. The Hall–Kier alpha value is -2.22. The van der Waals surface area contributed by atoms with E-state index in [4.69, 9.17) is 0 Å². The lowest BCUT2D eigenvalue weighted by molar-refractivity contribution is 0.0950. The quantitative estimate of drug-likeness (QED) is 0.661. The van der Waals surface area contributed by atoms with Crippen LogP contribution in [-0.2, 0) is 23.1 Å². The predicted octanol–water partition coefficient (Wildman–Crippen LogP) is 4.17. The summed E-state index contributed by atoms with van der Waals surface area (Å²) < 4.78 is 27.7. The molecule has 1 N–H and O–H groups in total. The van der Waals surface area contributed by atoms with E-state index in [2.05, 4.69) is 34.5 Å². The largest absolute Gasteiger partial charge is 0.348 e. The molecule has 0 saturated carbocycles. The van der Waals surface area contributed by atoms with Gasteiger partial charge >= 0.3 is 0 Å². The van der Waals surface area contributed by atoms with Gasteiger partial charge in [-0.05, 0) is 68.1 Å². The minimum absolute atomic E-state index is 0.194. The van der Waals surface area contributed by atoms with E-state index in [0.717, 1.165) is 37.8 Å². The lowest BCUT2D eigenvalue weighted by Crippen LogP contribution is -2.32. The van der Waals surface area contributed by atoms with Crippen molar-refractivity contribution in [3.63, 3.8) is 0 Å². The number of likely N-dealkylation sites (tertiary alicyclic amines) is 1. The molecule has 0 unspecified atom stereocenters. The monoisotopic (exact) mass is 469 g/mol. The Morgan fingerprint density at radius 2 is 1.39 bits per heavy atom. The maximum absolute atomic E-state index is 13.1. The number of nitrogens with one attached hydrogen (secondary N) is 1. The second-order valence-electron chi connectivity index (χ2n) is 9.18. The molecule has 33 heavy (non-hydrogen) atoms. The van der Waals surface area contributed by atoms with Crippen LogP contribution in [0.1, 0.15) is 66.4 Å². The Balaban J connectivity index is 1.35. The van der Waals surface area contributed by atoms with Crippen LogP contribution in [0.25, 0.3) is 0 Å². The SMILES string of the molecule is O=C(NCc1ccc(CN2CCCCC2)cc1)c1cccc(S(=O)(=O)N2CCCCCC2)c1. The average Bonchev–Trinajstić information content (AvgIpc) is 3.14. The van der Waals surface area contributed by atoms with Crippen molar-refractivity contribution in [2.24, 2.45) is 0 Å². The van der Waals surface area contributed by atoms with Crippen molar-refractivity contribution >= 4 is 15.9 Å². The van der Waals surface area contributed by atoms with Crippen LogP contribution >= 0.6 is 0 Å². The number of rotatable bonds is 7. The van der Waals surface area contributed by atoms with Crippen LogP contribution in [-0.4, -0.2) is 49.7 Å². The summed E-state index contributed by atoms with van der Waals surface area (Å²) in [5.74, 6) is -0.264. The number of carbonyl (C=O) groups is 1. The van der Waals surface area contributed by atoms with Crippen molar-refractivity contribution in [1.29, 1.82) is 0 Å². The van der Waals surface area contributed by atoms with Gasteiger partial charge in [0.1, 0.15) is 0 Å². The first kappa shape index (κ1) is 23.9. The van der Waals surface area contributed by atoms with Crippen LogP contribution in [0.5, 0.6) is 0 Å². The highest BCUT2D eigenvalue weighted by atomic mass is 32.2. The van der Waals surface area contributed by atoms with Gasteiger partial charge in [0.25, 0.3) is 5.91 Å². The van der Waals surface area contributed by atoms with E-state index in [-0.39, 0.29) is 10.8 Å². The molecule has 0 radical (unpaired) electrons. The molecule has 0 aromatic heterocycles. The van der Waals surface area contributed by atoms with Gasteiger partial charge in [-0.15, -0.1) is 0 Å². The number of carbonyl (C=O) groups excluding carboxylic acids is 1. The van der Waals surface area contributed by atoms with Gasteiger partial charge < -0.3 is 5.32 Å². The number of hydrogen-bond acceptors (Lipinski definition) is 4. The molecule has 2 aliphatic rings. The zero-order valence-electron chi connectivity index (χ0n) is 19.3. The van der Waals surface area contributed by atoms with Crippen molar-refractivity contribution in [1.82, 2.24) is 14.5 Å². The summed E-state index contributed by atoms with van der Waals surface area (Å²) >= 11 is 0. The fourth-order valence-corrected chi connectivity index (χ4v) is 6.22. The van der Waals surface area contributed by atoms with Gasteiger partial charge in [-0.1, -0.05) is 49.6 Å². The number of sulfonamides is 1. The molecule has 178 valence electrons. The molecule has 0 spiro atoms. The smallest absolute Gasteiger partial charge is 0.251 e. The van der Waals surface area contributed by atoms with Crippen molar-refractivity contribution in [2.75, 3.05) is 26.2 Å². The van der Waals surface area contributed by atoms with Crippen LogP contribution in [0.3, 0.4) is 0 Å². The molecular formula is C26H35N3O3S. The van der Waals surface area contributed by atoms with Crippen molar-refractivity contribution < 1.29 is 13.2 Å². The second kappa shape index (κ2) is 11.3. The maximum atomic E-state index is 13.1. The third-order valence-electron chi connectivity index (χ3n) is 6.63. The van der Waals surface area contributed by atoms with Crippen LogP contribution < -0.4 is 5.32 Å². The van der Waals surface area contributed by atoms with Gasteiger partial charge in [0.2, 0.25) is 10.0 Å². The summed E-state index contributed by atoms with van der Waals surface area (Å²) in [7, 11) is -3.58. The molecule has 2 aromatic rings. The fraction of sp³-hybridized carbons (Fsp3) is 0.500. The van der Waals surface area contributed by atoms with Crippen LogP contribution in [0, 0.1) is 0 Å². The molecule has 1 amide bonds. The van der Waals surface area contributed by atoms with E-state index in [9.17, 15) is 13.2 Å². The van der Waals surface area contributed by atoms with Crippen LogP contribution in [0.15, 0.2) is 53.4 Å². The summed E-state index contributed by atoms with van der Waals surface area (Å²) in [6.07, 6.45) is 7.80. The topological polar surface area (TPSA) is 69.7 Å². The molecule has 2 heterocycles. The summed E-state index contributed by atoms with van der Waals surface area (Å²) in [4.78, 5) is 15.4. The van der Waals surface area contributed by atoms with Gasteiger partial charge in [-0.3, -0.25) is 9.69 Å². The highest BCUT2D eigenvalue weighted by Crippen LogP contribution is 2.21. The Morgan fingerprint density at radius 3 is 2.09 bits per heavy atom. The number of benzene rings is 2. The van der Waals surface area contributed by atoms with Gasteiger partial charge in [0, 0.05) is 31.7 Å². The van der Waals surface area contributed by atoms with E-state index < -0.39 is 10.0 Å². The zero-order chi connectivity index (χ0) is 23.1. The van der Waals surface area contributed by atoms with Crippen LogP contribution in [0.2, 0.25) is 0 Å². The van der Waals surface area contributed by atoms with E-state index in [1.165, 1.54) is 44.0 Å². The van der Waals surface area contributed by atoms with Gasteiger partial charge in [0.15, 0.2) is 0 Å². The Labute approximate surface area is 198 Å². The molecule has 2 saturated heterocycles. The molecular weight excluding hydrogens is 434 g/mol. The molecule has 0 bridgehead atoms. The first-order chi connectivity index (χ1) is 16.0. The minimum Gasteiger partial charge on any atom is -0.348 e. The number of nitrogens with zero attached hydrogens (tertiary/aromatic N) is 2. The standard InChI is InChI=1S/C26H35N3O3S/c30-26(27-20-22-11-13-23(14-12-22)21-28-15-4-3-5-16-28)24-9-8-10-25(19-24)33(31,32)29-17-6-1-2-7-18-29/h8-14,19H,1-7,15-18,20-21H2,(H,27,30). The summed E-state index contributed by atoms with van der Waals surface area (Å²) in [6.45, 7) is 4.82. The molecule has 2 fully saturated rings. The molecule has 4 rings (SSSR count). The summed E-state index contributed by atoms with van der Waals surface area (Å²) in [6, 6.07) is 14.8. The molecule has 7 heteroatoms. The van der Waals surface area contributed by atoms with Gasteiger partial charge in [0.05, 0.1) is 4.90 Å². The van der Waals surface area contributed by atoms with Gasteiger partial charge in [-0.25, -0.2) is 8.42 Å². The first-order valence-electron chi connectivity index (χ1n) is 12.2. The summed E-state index contributed by atoms with van der Waals surface area (Å²) in [5, 5.41) is 2.93. The second-order valence-corrected chi connectivity index (χ2v) is 11.1. The number of amides is 1. The van der Waals surface area contributed by atoms with Crippen molar-refractivity contribution in [2.45, 2.75) is 62.9 Å². The minimum atomic E-state index is -3.58. The maximum Gasteiger partial charge on any atom is 0.251 e. The Kier molecular flexibility index (Phi) is 8.17. The van der Waals surface area contributed by atoms with E-state index in [1.807, 2.05) is 0 Å². The third kappa shape index (κ3) is 6.43. The average molecular weight is 470 g/mol.